The molecule has 0 radical (unpaired) electrons. The number of hydrogen-bond donors (Lipinski definition) is 2. The molecule has 0 amide bonds. The minimum atomic E-state index is 0.120. The molecule has 2 rings (SSSR count). The Bertz CT molecular complexity index is 565. The van der Waals surface area contributed by atoms with E-state index in [9.17, 15) is 0 Å². The largest absolute Gasteiger partial charge is 0.466 e. The molecular formula is C13H16BrN3O. The van der Waals surface area contributed by atoms with Gasteiger partial charge in [-0.25, -0.2) is 4.98 Å². The lowest BCUT2D eigenvalue weighted by Gasteiger charge is -2.15. The maximum atomic E-state index is 5.66. The Labute approximate surface area is 115 Å². The molecule has 0 aliphatic carbocycles. The Morgan fingerprint density at radius 1 is 1.39 bits per heavy atom. The second-order valence-electron chi connectivity index (χ2n) is 4.33. The van der Waals surface area contributed by atoms with Crippen molar-refractivity contribution in [2.75, 3.05) is 11.1 Å². The zero-order valence-electron chi connectivity index (χ0n) is 10.6. The Hall–Kier alpha value is -1.49. The average Bonchev–Trinajstić information content (AvgIpc) is 2.62. The first kappa shape index (κ1) is 13.0. The maximum absolute atomic E-state index is 5.66. The van der Waals surface area contributed by atoms with Crippen molar-refractivity contribution in [3.8, 4) is 0 Å². The van der Waals surface area contributed by atoms with E-state index in [1.54, 1.807) is 6.20 Å². The third-order valence-corrected chi connectivity index (χ3v) is 3.37. The zero-order chi connectivity index (χ0) is 13.3. The predicted octanol–water partition coefficient (Wildman–Crippen LogP) is 3.81. The van der Waals surface area contributed by atoms with Gasteiger partial charge >= 0.3 is 0 Å². The summed E-state index contributed by atoms with van der Waals surface area (Å²) in [6.07, 6.45) is 1.63. The molecule has 0 aliphatic rings. The normalized spacial score (nSPS) is 12.4. The van der Waals surface area contributed by atoms with Gasteiger partial charge in [-0.05, 0) is 48.8 Å². The fourth-order valence-electron chi connectivity index (χ4n) is 1.92. The number of aryl methyl sites for hydroxylation is 2. The molecule has 0 bridgehead atoms. The molecule has 0 saturated carbocycles. The first-order valence-electron chi connectivity index (χ1n) is 5.72. The fourth-order valence-corrected chi connectivity index (χ4v) is 2.40. The van der Waals surface area contributed by atoms with Crippen LogP contribution in [0.1, 0.15) is 30.0 Å². The number of hydrogen-bond acceptors (Lipinski definition) is 4. The minimum absolute atomic E-state index is 0.120. The summed E-state index contributed by atoms with van der Waals surface area (Å²) >= 11 is 3.44. The van der Waals surface area contributed by atoms with E-state index in [1.165, 1.54) is 0 Å². The van der Waals surface area contributed by atoms with Crippen molar-refractivity contribution in [2.24, 2.45) is 0 Å². The van der Waals surface area contributed by atoms with Crippen LogP contribution in [0, 0.1) is 13.8 Å². The Morgan fingerprint density at radius 3 is 2.67 bits per heavy atom. The van der Waals surface area contributed by atoms with Crippen LogP contribution in [0.3, 0.4) is 0 Å². The minimum Gasteiger partial charge on any atom is -0.466 e. The van der Waals surface area contributed by atoms with E-state index in [1.807, 2.05) is 26.0 Å². The molecule has 0 saturated heterocycles. The molecule has 1 unspecified atom stereocenters. The first-order valence-corrected chi connectivity index (χ1v) is 6.51. The van der Waals surface area contributed by atoms with Crippen LogP contribution in [0.15, 0.2) is 27.2 Å². The quantitative estimate of drug-likeness (QED) is 0.905. The molecule has 1 atom stereocenters. The van der Waals surface area contributed by atoms with Crippen LogP contribution in [0.25, 0.3) is 0 Å². The molecule has 0 spiro atoms. The molecule has 96 valence electrons. The summed E-state index contributed by atoms with van der Waals surface area (Å²) in [5, 5.41) is 3.33. The van der Waals surface area contributed by atoms with Gasteiger partial charge < -0.3 is 15.5 Å². The van der Waals surface area contributed by atoms with Crippen LogP contribution in [-0.2, 0) is 0 Å². The van der Waals surface area contributed by atoms with E-state index in [0.717, 1.165) is 27.4 Å². The van der Waals surface area contributed by atoms with Crippen molar-refractivity contribution in [2.45, 2.75) is 26.8 Å². The second-order valence-corrected chi connectivity index (χ2v) is 5.19. The van der Waals surface area contributed by atoms with Gasteiger partial charge in [-0.2, -0.15) is 0 Å². The van der Waals surface area contributed by atoms with Crippen LogP contribution in [0.4, 0.5) is 11.5 Å². The average molecular weight is 310 g/mol. The summed E-state index contributed by atoms with van der Waals surface area (Å²) in [7, 11) is 0. The Kier molecular flexibility index (Phi) is 3.61. The highest BCUT2D eigenvalue weighted by Gasteiger charge is 2.14. The van der Waals surface area contributed by atoms with E-state index in [4.69, 9.17) is 10.2 Å². The van der Waals surface area contributed by atoms with E-state index in [-0.39, 0.29) is 6.04 Å². The van der Waals surface area contributed by atoms with E-state index < -0.39 is 0 Å². The van der Waals surface area contributed by atoms with Crippen molar-refractivity contribution >= 4 is 27.4 Å². The van der Waals surface area contributed by atoms with Crippen LogP contribution < -0.4 is 11.1 Å². The molecule has 18 heavy (non-hydrogen) atoms. The van der Waals surface area contributed by atoms with Crippen molar-refractivity contribution < 1.29 is 4.42 Å². The number of nitrogens with zero attached hydrogens (tertiary/aromatic N) is 1. The van der Waals surface area contributed by atoms with Crippen LogP contribution >= 0.6 is 15.9 Å². The summed E-state index contributed by atoms with van der Waals surface area (Å²) in [5.74, 6) is 2.62. The zero-order valence-corrected chi connectivity index (χ0v) is 12.2. The predicted molar refractivity (Wildman–Crippen MR) is 76.6 cm³/mol. The number of rotatable bonds is 3. The molecule has 0 fully saturated rings. The number of anilines is 2. The molecule has 2 aromatic heterocycles. The van der Waals surface area contributed by atoms with Crippen molar-refractivity contribution in [3.05, 3.63) is 39.9 Å². The molecule has 2 heterocycles. The highest BCUT2D eigenvalue weighted by molar-refractivity contribution is 9.10. The third kappa shape index (κ3) is 2.67. The number of aromatic nitrogens is 1. The standard InChI is InChI=1S/C13H16BrN3O/c1-7-4-11(9(3)18-7)8(2)17-13-12(14)5-10(15)6-16-13/h4-6,8H,15H2,1-3H3,(H,16,17). The van der Waals surface area contributed by atoms with Crippen LogP contribution in [0.2, 0.25) is 0 Å². The summed E-state index contributed by atoms with van der Waals surface area (Å²) < 4.78 is 6.38. The number of pyridine rings is 1. The summed E-state index contributed by atoms with van der Waals surface area (Å²) in [6.45, 7) is 5.98. The van der Waals surface area contributed by atoms with Gasteiger partial charge in [-0.1, -0.05) is 0 Å². The van der Waals surface area contributed by atoms with E-state index >= 15 is 0 Å². The van der Waals surface area contributed by atoms with Crippen molar-refractivity contribution in [3.63, 3.8) is 0 Å². The summed E-state index contributed by atoms with van der Waals surface area (Å²) in [6, 6.07) is 3.99. The lowest BCUT2D eigenvalue weighted by molar-refractivity contribution is 0.499. The van der Waals surface area contributed by atoms with Gasteiger partial charge in [0.15, 0.2) is 0 Å². The number of nitrogen functional groups attached to an aromatic ring is 1. The van der Waals surface area contributed by atoms with Gasteiger partial charge in [-0.15, -0.1) is 0 Å². The maximum Gasteiger partial charge on any atom is 0.140 e. The van der Waals surface area contributed by atoms with Crippen molar-refractivity contribution in [1.29, 1.82) is 0 Å². The number of nitrogens with one attached hydrogen (secondary N) is 1. The highest BCUT2D eigenvalue weighted by atomic mass is 79.9. The van der Waals surface area contributed by atoms with Crippen LogP contribution in [0.5, 0.6) is 0 Å². The molecule has 2 aromatic rings. The van der Waals surface area contributed by atoms with Gasteiger partial charge in [0.2, 0.25) is 0 Å². The molecule has 3 N–H and O–H groups in total. The van der Waals surface area contributed by atoms with Crippen LogP contribution in [-0.4, -0.2) is 4.98 Å². The second kappa shape index (κ2) is 5.02. The highest BCUT2D eigenvalue weighted by Crippen LogP contribution is 2.28. The molecule has 0 aliphatic heterocycles. The Morgan fingerprint density at radius 2 is 2.11 bits per heavy atom. The topological polar surface area (TPSA) is 64.1 Å². The van der Waals surface area contributed by atoms with Crippen molar-refractivity contribution in [1.82, 2.24) is 4.98 Å². The third-order valence-electron chi connectivity index (χ3n) is 2.76. The lowest BCUT2D eigenvalue weighted by atomic mass is 10.1. The van der Waals surface area contributed by atoms with Gasteiger partial charge in [0.05, 0.1) is 22.4 Å². The number of nitrogens with two attached hydrogens (primary N) is 1. The molecule has 4 nitrogen and oxygen atoms in total. The number of furan rings is 1. The SMILES string of the molecule is Cc1cc(C(C)Nc2ncc(N)cc2Br)c(C)o1. The molecular weight excluding hydrogens is 294 g/mol. The fraction of sp³-hybridized carbons (Fsp3) is 0.308. The van der Waals surface area contributed by atoms with Gasteiger partial charge in [-0.3, -0.25) is 0 Å². The van der Waals surface area contributed by atoms with Gasteiger partial charge in [0.25, 0.3) is 0 Å². The van der Waals surface area contributed by atoms with E-state index in [2.05, 4.69) is 33.2 Å². The summed E-state index contributed by atoms with van der Waals surface area (Å²) in [4.78, 5) is 4.27. The molecule has 5 heteroatoms. The van der Waals surface area contributed by atoms with Gasteiger partial charge in [0.1, 0.15) is 17.3 Å². The van der Waals surface area contributed by atoms with Gasteiger partial charge in [0, 0.05) is 5.56 Å². The summed E-state index contributed by atoms with van der Waals surface area (Å²) in [5.41, 5.74) is 7.43. The monoisotopic (exact) mass is 309 g/mol. The van der Waals surface area contributed by atoms with E-state index in [0.29, 0.717) is 5.69 Å². The smallest absolute Gasteiger partial charge is 0.140 e. The number of halogens is 1. The Balaban J connectivity index is 2.21. The first-order chi connectivity index (χ1) is 8.47. The molecule has 0 aromatic carbocycles. The lowest BCUT2D eigenvalue weighted by Crippen LogP contribution is -2.09.